The van der Waals surface area contributed by atoms with Crippen LogP contribution in [0.1, 0.15) is 5.56 Å². The predicted octanol–water partition coefficient (Wildman–Crippen LogP) is 4.02. The molecule has 0 fully saturated rings. The van der Waals surface area contributed by atoms with Gasteiger partial charge in [0.2, 0.25) is 0 Å². The van der Waals surface area contributed by atoms with Crippen LogP contribution in [0.2, 0.25) is 0 Å². The van der Waals surface area contributed by atoms with Gasteiger partial charge in [-0.2, -0.15) is 5.26 Å². The fourth-order valence-electron chi connectivity index (χ4n) is 3.26. The number of benzene rings is 2. The van der Waals surface area contributed by atoms with E-state index in [1.165, 1.54) is 19.2 Å². The molecular formula is C20H15FN4O2. The lowest BCUT2D eigenvalue weighted by molar-refractivity contribution is 0.374. The molecule has 1 aromatic heterocycles. The number of nitrogens with zero attached hydrogens (tertiary/aromatic N) is 4. The van der Waals surface area contributed by atoms with Crippen molar-refractivity contribution in [3.8, 4) is 17.6 Å². The molecule has 0 unspecified atom stereocenters. The van der Waals surface area contributed by atoms with Gasteiger partial charge in [-0.3, -0.25) is 9.88 Å². The molecule has 3 aromatic rings. The number of methoxy groups -OCH3 is 1. The Morgan fingerprint density at radius 3 is 2.70 bits per heavy atom. The van der Waals surface area contributed by atoms with Crippen molar-refractivity contribution in [2.75, 3.05) is 24.0 Å². The van der Waals surface area contributed by atoms with Gasteiger partial charge in [-0.25, -0.2) is 4.39 Å². The number of phenols is 1. The molecule has 1 aliphatic heterocycles. The fraction of sp³-hybridized carbons (Fsp3) is 0.100. The Morgan fingerprint density at radius 2 is 2.04 bits per heavy atom. The molecule has 0 spiro atoms. The molecule has 6 nitrogen and oxygen atoms in total. The lowest BCUT2D eigenvalue weighted by Gasteiger charge is -2.23. The van der Waals surface area contributed by atoms with Crippen LogP contribution < -0.4 is 14.5 Å². The van der Waals surface area contributed by atoms with Crippen LogP contribution in [-0.2, 0) is 0 Å². The maximum atomic E-state index is 14.7. The van der Waals surface area contributed by atoms with Gasteiger partial charge in [-0.15, -0.1) is 0 Å². The first-order valence-electron chi connectivity index (χ1n) is 8.08. The molecule has 0 atom stereocenters. The number of halogens is 1. The summed E-state index contributed by atoms with van der Waals surface area (Å²) in [6, 6.07) is 9.37. The molecule has 0 saturated heterocycles. The lowest BCUT2D eigenvalue weighted by Crippen LogP contribution is -2.21. The minimum atomic E-state index is -0.542. The summed E-state index contributed by atoms with van der Waals surface area (Å²) in [6.07, 6.45) is 1.67. The van der Waals surface area contributed by atoms with Gasteiger partial charge in [0.25, 0.3) is 0 Å². The number of anilines is 3. The van der Waals surface area contributed by atoms with Crippen LogP contribution in [0.5, 0.6) is 11.5 Å². The Hall–Kier alpha value is -3.79. The van der Waals surface area contributed by atoms with Crippen molar-refractivity contribution in [2.45, 2.75) is 0 Å². The summed E-state index contributed by atoms with van der Waals surface area (Å²) in [4.78, 5) is 7.87. The largest absolute Gasteiger partial charge is 0.504 e. The highest BCUT2D eigenvalue weighted by Crippen LogP contribution is 2.49. The Morgan fingerprint density at radius 1 is 1.26 bits per heavy atom. The number of aromatic nitrogens is 1. The Bertz CT molecular complexity index is 1150. The monoisotopic (exact) mass is 362 g/mol. The minimum Gasteiger partial charge on any atom is -0.504 e. The van der Waals surface area contributed by atoms with Crippen LogP contribution in [0.15, 0.2) is 48.9 Å². The molecule has 1 N–H and O–H groups in total. The SMILES string of the molecule is C=C1N(C)c2cnc3cc(OC)c(O)cc3c2N1c1ccc(C#N)cc1F. The van der Waals surface area contributed by atoms with Crippen LogP contribution in [-0.4, -0.2) is 24.2 Å². The number of nitriles is 1. The maximum Gasteiger partial charge on any atom is 0.162 e. The summed E-state index contributed by atoms with van der Waals surface area (Å²) in [5.74, 6) is 0.245. The topological polar surface area (TPSA) is 72.6 Å². The normalized spacial score (nSPS) is 13.0. The number of rotatable bonds is 2. The number of fused-ring (bicyclic) bond motifs is 3. The molecule has 7 heteroatoms. The van der Waals surface area contributed by atoms with Crippen molar-refractivity contribution < 1.29 is 14.2 Å². The zero-order chi connectivity index (χ0) is 19.3. The van der Waals surface area contributed by atoms with Gasteiger partial charge >= 0.3 is 0 Å². The zero-order valence-corrected chi connectivity index (χ0v) is 14.7. The van der Waals surface area contributed by atoms with E-state index >= 15 is 0 Å². The smallest absolute Gasteiger partial charge is 0.162 e. The molecule has 2 heterocycles. The molecule has 134 valence electrons. The third-order valence-corrected chi connectivity index (χ3v) is 4.67. The van der Waals surface area contributed by atoms with Crippen molar-refractivity contribution in [3.63, 3.8) is 0 Å². The summed E-state index contributed by atoms with van der Waals surface area (Å²) in [7, 11) is 3.27. The van der Waals surface area contributed by atoms with E-state index in [0.29, 0.717) is 28.2 Å². The second kappa shape index (κ2) is 5.88. The van der Waals surface area contributed by atoms with Crippen molar-refractivity contribution >= 4 is 28.0 Å². The molecule has 0 aliphatic carbocycles. The Balaban J connectivity index is 2.01. The van der Waals surface area contributed by atoms with E-state index in [9.17, 15) is 9.50 Å². The minimum absolute atomic E-state index is 0.0411. The maximum absolute atomic E-state index is 14.7. The highest BCUT2D eigenvalue weighted by atomic mass is 19.1. The van der Waals surface area contributed by atoms with E-state index < -0.39 is 5.82 Å². The second-order valence-electron chi connectivity index (χ2n) is 6.12. The number of hydrogen-bond donors (Lipinski definition) is 1. The summed E-state index contributed by atoms with van der Waals surface area (Å²) in [5.41, 5.74) is 2.45. The summed E-state index contributed by atoms with van der Waals surface area (Å²) in [5, 5.41) is 19.8. The van der Waals surface area contributed by atoms with Crippen LogP contribution in [0, 0.1) is 17.1 Å². The van der Waals surface area contributed by atoms with Gasteiger partial charge in [0.1, 0.15) is 11.6 Å². The van der Waals surface area contributed by atoms with Crippen LogP contribution in [0.25, 0.3) is 10.9 Å². The van der Waals surface area contributed by atoms with Gasteiger partial charge in [0.05, 0.1) is 47.5 Å². The van der Waals surface area contributed by atoms with E-state index in [2.05, 4.69) is 11.6 Å². The highest BCUT2D eigenvalue weighted by Gasteiger charge is 2.33. The fourth-order valence-corrected chi connectivity index (χ4v) is 3.26. The standard InChI is InChI=1S/C20H15FN4O2/c1-11-24(2)17-10-23-15-8-19(27-3)18(26)7-13(15)20(17)25(11)16-5-4-12(9-22)6-14(16)21/h4-8,10,26H,1H2,2-3H3. The van der Waals surface area contributed by atoms with Gasteiger partial charge in [0, 0.05) is 18.5 Å². The van der Waals surface area contributed by atoms with Crippen molar-refractivity contribution in [2.24, 2.45) is 0 Å². The van der Waals surface area contributed by atoms with E-state index in [1.807, 2.05) is 6.07 Å². The van der Waals surface area contributed by atoms with Crippen LogP contribution >= 0.6 is 0 Å². The van der Waals surface area contributed by atoms with E-state index in [0.717, 1.165) is 5.69 Å². The quantitative estimate of drug-likeness (QED) is 0.742. The molecule has 0 amide bonds. The van der Waals surface area contributed by atoms with Gasteiger partial charge in [0.15, 0.2) is 11.5 Å². The molecule has 27 heavy (non-hydrogen) atoms. The molecule has 1 aliphatic rings. The van der Waals surface area contributed by atoms with Gasteiger partial charge in [-0.1, -0.05) is 6.58 Å². The molecule has 0 saturated carbocycles. The van der Waals surface area contributed by atoms with E-state index in [-0.39, 0.29) is 17.0 Å². The summed E-state index contributed by atoms with van der Waals surface area (Å²) >= 11 is 0. The molecule has 4 rings (SSSR count). The third-order valence-electron chi connectivity index (χ3n) is 4.67. The summed E-state index contributed by atoms with van der Waals surface area (Å²) < 4.78 is 19.9. The van der Waals surface area contributed by atoms with Gasteiger partial charge in [-0.05, 0) is 24.3 Å². The zero-order valence-electron chi connectivity index (χ0n) is 14.7. The van der Waals surface area contributed by atoms with Crippen molar-refractivity contribution in [1.29, 1.82) is 5.26 Å². The van der Waals surface area contributed by atoms with Crippen molar-refractivity contribution in [1.82, 2.24) is 4.98 Å². The second-order valence-corrected chi connectivity index (χ2v) is 6.12. The number of hydrogen-bond acceptors (Lipinski definition) is 6. The number of aromatic hydroxyl groups is 1. The van der Waals surface area contributed by atoms with Crippen molar-refractivity contribution in [3.05, 3.63) is 60.3 Å². The van der Waals surface area contributed by atoms with E-state index in [1.54, 1.807) is 41.2 Å². The van der Waals surface area contributed by atoms with Gasteiger partial charge < -0.3 is 14.7 Å². The Kier molecular flexibility index (Phi) is 3.63. The number of phenolic OH excluding ortho intramolecular Hbond substituents is 1. The number of pyridine rings is 1. The van der Waals surface area contributed by atoms with Crippen LogP contribution in [0.4, 0.5) is 21.5 Å². The van der Waals surface area contributed by atoms with E-state index in [4.69, 9.17) is 10.00 Å². The number of ether oxygens (including phenoxy) is 1. The molecule has 0 radical (unpaired) electrons. The Labute approximate surface area is 155 Å². The molecule has 2 aromatic carbocycles. The highest BCUT2D eigenvalue weighted by molar-refractivity contribution is 6.06. The predicted molar refractivity (Wildman–Crippen MR) is 101 cm³/mol. The first kappa shape index (κ1) is 16.7. The average Bonchev–Trinajstić information content (AvgIpc) is 2.92. The summed E-state index contributed by atoms with van der Waals surface area (Å²) in [6.45, 7) is 4.06. The third kappa shape index (κ3) is 2.34. The van der Waals surface area contributed by atoms with Crippen LogP contribution in [0.3, 0.4) is 0 Å². The first-order chi connectivity index (χ1) is 13.0. The average molecular weight is 362 g/mol. The lowest BCUT2D eigenvalue weighted by atomic mass is 10.1. The first-order valence-corrected chi connectivity index (χ1v) is 8.08. The molecular weight excluding hydrogens is 347 g/mol. The molecule has 0 bridgehead atoms.